The lowest BCUT2D eigenvalue weighted by atomic mass is 10.1. The number of nitrogens with one attached hydrogen (secondary N) is 1. The van der Waals surface area contributed by atoms with Crippen LogP contribution in [0.1, 0.15) is 17.9 Å². The number of aromatic nitrogens is 2. The highest BCUT2D eigenvalue weighted by Crippen LogP contribution is 2.25. The van der Waals surface area contributed by atoms with Crippen molar-refractivity contribution >= 4 is 39.1 Å². The first-order chi connectivity index (χ1) is 12.0. The Morgan fingerprint density at radius 3 is 2.72 bits per heavy atom. The minimum absolute atomic E-state index is 0.167. The topological polar surface area (TPSA) is 68.0 Å². The monoisotopic (exact) mass is 419 g/mol. The molecule has 0 fully saturated rings. The van der Waals surface area contributed by atoms with Gasteiger partial charge in [-0.1, -0.05) is 62.5 Å². The van der Waals surface area contributed by atoms with Gasteiger partial charge in [0.25, 0.3) is 0 Å². The molecule has 1 N–H and O–H groups in total. The molecule has 5 nitrogen and oxygen atoms in total. The van der Waals surface area contributed by atoms with Crippen LogP contribution in [0, 0.1) is 6.92 Å². The molecule has 3 aromatic rings. The molecule has 7 heteroatoms. The van der Waals surface area contributed by atoms with E-state index in [1.165, 1.54) is 0 Å². The summed E-state index contributed by atoms with van der Waals surface area (Å²) < 4.78 is 6.07. The van der Waals surface area contributed by atoms with Gasteiger partial charge in [-0.15, -0.1) is 0 Å². The summed E-state index contributed by atoms with van der Waals surface area (Å²) in [6, 6.07) is 13.1. The number of amides is 1. The van der Waals surface area contributed by atoms with E-state index in [0.29, 0.717) is 28.8 Å². The second kappa shape index (κ2) is 7.80. The first-order valence-corrected chi connectivity index (χ1v) is 8.83. The van der Waals surface area contributed by atoms with E-state index in [-0.39, 0.29) is 12.3 Å². The number of aryl methyl sites for hydroxylation is 2. The molecule has 0 bridgehead atoms. The summed E-state index contributed by atoms with van der Waals surface area (Å²) >= 11 is 9.41. The van der Waals surface area contributed by atoms with Crippen molar-refractivity contribution in [3.8, 4) is 11.4 Å². The van der Waals surface area contributed by atoms with Gasteiger partial charge in [-0.25, -0.2) is 0 Å². The fraction of sp³-hybridized carbons (Fsp3) is 0.167. The number of rotatable bonds is 5. The summed E-state index contributed by atoms with van der Waals surface area (Å²) in [6.45, 7) is 2.02. The predicted octanol–water partition coefficient (Wildman–Crippen LogP) is 5.03. The van der Waals surface area contributed by atoms with E-state index in [1.807, 2.05) is 37.3 Å². The van der Waals surface area contributed by atoms with E-state index in [9.17, 15) is 4.79 Å². The lowest BCUT2D eigenvalue weighted by Gasteiger charge is -2.06. The fourth-order valence-corrected chi connectivity index (χ4v) is 2.92. The Morgan fingerprint density at radius 1 is 1.24 bits per heavy atom. The van der Waals surface area contributed by atoms with Gasteiger partial charge in [0.1, 0.15) is 0 Å². The zero-order chi connectivity index (χ0) is 17.8. The number of hydrogen-bond donors (Lipinski definition) is 1. The first kappa shape index (κ1) is 17.6. The Kier molecular flexibility index (Phi) is 5.50. The van der Waals surface area contributed by atoms with Crippen molar-refractivity contribution in [2.24, 2.45) is 0 Å². The zero-order valence-electron chi connectivity index (χ0n) is 13.4. The number of carbonyl (C=O) groups is 1. The molecule has 0 aliphatic rings. The molecule has 128 valence electrons. The van der Waals surface area contributed by atoms with Gasteiger partial charge in [-0.2, -0.15) is 4.98 Å². The van der Waals surface area contributed by atoms with Crippen LogP contribution in [-0.4, -0.2) is 16.0 Å². The van der Waals surface area contributed by atoms with Crippen LogP contribution in [0.15, 0.2) is 51.5 Å². The summed E-state index contributed by atoms with van der Waals surface area (Å²) in [5.74, 6) is 0.776. The molecule has 2 aromatic carbocycles. The van der Waals surface area contributed by atoms with E-state index in [4.69, 9.17) is 16.1 Å². The lowest BCUT2D eigenvalue weighted by molar-refractivity contribution is -0.116. The van der Waals surface area contributed by atoms with Crippen LogP contribution in [0.25, 0.3) is 11.4 Å². The minimum Gasteiger partial charge on any atom is -0.339 e. The number of benzene rings is 2. The Hall–Kier alpha value is -2.18. The van der Waals surface area contributed by atoms with Crippen molar-refractivity contribution in [2.45, 2.75) is 19.8 Å². The third kappa shape index (κ3) is 4.67. The molecule has 0 atom stereocenters. The second-order valence-electron chi connectivity index (χ2n) is 5.55. The summed E-state index contributed by atoms with van der Waals surface area (Å²) in [6.07, 6.45) is 0.584. The number of anilines is 1. The SMILES string of the molecule is Cc1ccc(-c2noc(CCC(=O)Nc3ccc(Br)cc3Cl)n2)cc1. The minimum atomic E-state index is -0.167. The molecule has 0 spiro atoms. The third-order valence-electron chi connectivity index (χ3n) is 3.55. The number of nitrogens with zero attached hydrogens (tertiary/aromatic N) is 2. The Bertz CT molecular complexity index is 894. The highest BCUT2D eigenvalue weighted by Gasteiger charge is 2.12. The molecule has 25 heavy (non-hydrogen) atoms. The molecular weight excluding hydrogens is 406 g/mol. The lowest BCUT2D eigenvalue weighted by Crippen LogP contribution is -2.12. The van der Waals surface area contributed by atoms with Crippen molar-refractivity contribution in [1.29, 1.82) is 0 Å². The van der Waals surface area contributed by atoms with Gasteiger partial charge < -0.3 is 9.84 Å². The Balaban J connectivity index is 1.58. The first-order valence-electron chi connectivity index (χ1n) is 7.66. The standard InChI is InChI=1S/C18H15BrClN3O2/c1-11-2-4-12(5-3-11)18-22-17(25-23-18)9-8-16(24)21-15-7-6-13(19)10-14(15)20/h2-7,10H,8-9H2,1H3,(H,21,24). The number of hydrogen-bond acceptors (Lipinski definition) is 4. The van der Waals surface area contributed by atoms with Crippen LogP contribution in [0.3, 0.4) is 0 Å². The van der Waals surface area contributed by atoms with E-state index in [2.05, 4.69) is 31.4 Å². The Labute approximate surface area is 158 Å². The van der Waals surface area contributed by atoms with Crippen molar-refractivity contribution in [2.75, 3.05) is 5.32 Å². The highest BCUT2D eigenvalue weighted by molar-refractivity contribution is 9.10. The quantitative estimate of drug-likeness (QED) is 0.628. The van der Waals surface area contributed by atoms with Gasteiger partial charge in [0.05, 0.1) is 10.7 Å². The van der Waals surface area contributed by atoms with Gasteiger partial charge >= 0.3 is 0 Å². The van der Waals surface area contributed by atoms with E-state index < -0.39 is 0 Å². The molecule has 0 aliphatic heterocycles. The maximum absolute atomic E-state index is 12.1. The Morgan fingerprint density at radius 2 is 2.00 bits per heavy atom. The molecule has 1 amide bonds. The molecule has 1 aromatic heterocycles. The average molecular weight is 421 g/mol. The normalized spacial score (nSPS) is 10.7. The number of halogens is 2. The molecule has 0 radical (unpaired) electrons. The molecule has 3 rings (SSSR count). The van der Waals surface area contributed by atoms with Gasteiger partial charge in [-0.05, 0) is 25.1 Å². The molecule has 0 saturated heterocycles. The van der Waals surface area contributed by atoms with Crippen LogP contribution >= 0.6 is 27.5 Å². The predicted molar refractivity (Wildman–Crippen MR) is 101 cm³/mol. The van der Waals surface area contributed by atoms with Crippen LogP contribution in [0.4, 0.5) is 5.69 Å². The van der Waals surface area contributed by atoms with Crippen LogP contribution in [0.2, 0.25) is 5.02 Å². The van der Waals surface area contributed by atoms with E-state index >= 15 is 0 Å². The highest BCUT2D eigenvalue weighted by atomic mass is 79.9. The van der Waals surface area contributed by atoms with Crippen molar-refractivity contribution in [3.63, 3.8) is 0 Å². The molecular formula is C18H15BrClN3O2. The molecule has 0 saturated carbocycles. The smallest absolute Gasteiger partial charge is 0.227 e. The van der Waals surface area contributed by atoms with Gasteiger partial charge in [0.2, 0.25) is 17.6 Å². The van der Waals surface area contributed by atoms with Gasteiger partial charge in [-0.3, -0.25) is 4.79 Å². The van der Waals surface area contributed by atoms with Crippen molar-refractivity contribution in [1.82, 2.24) is 10.1 Å². The van der Waals surface area contributed by atoms with E-state index in [1.54, 1.807) is 12.1 Å². The van der Waals surface area contributed by atoms with Crippen molar-refractivity contribution < 1.29 is 9.32 Å². The molecule has 0 aliphatic carbocycles. The summed E-state index contributed by atoms with van der Waals surface area (Å²) in [5.41, 5.74) is 2.61. The summed E-state index contributed by atoms with van der Waals surface area (Å²) in [4.78, 5) is 16.4. The van der Waals surface area contributed by atoms with Crippen LogP contribution in [0.5, 0.6) is 0 Å². The van der Waals surface area contributed by atoms with Crippen LogP contribution in [-0.2, 0) is 11.2 Å². The second-order valence-corrected chi connectivity index (χ2v) is 6.87. The van der Waals surface area contributed by atoms with E-state index in [0.717, 1.165) is 15.6 Å². The fourth-order valence-electron chi connectivity index (χ4n) is 2.20. The third-order valence-corrected chi connectivity index (χ3v) is 4.35. The molecule has 1 heterocycles. The van der Waals surface area contributed by atoms with Gasteiger partial charge in [0, 0.05) is 22.9 Å². The zero-order valence-corrected chi connectivity index (χ0v) is 15.8. The molecule has 0 unspecified atom stereocenters. The average Bonchev–Trinajstić information content (AvgIpc) is 3.05. The largest absolute Gasteiger partial charge is 0.339 e. The van der Waals surface area contributed by atoms with Crippen LogP contribution < -0.4 is 5.32 Å². The maximum Gasteiger partial charge on any atom is 0.227 e. The van der Waals surface area contributed by atoms with Crippen molar-refractivity contribution in [3.05, 3.63) is 63.4 Å². The van der Waals surface area contributed by atoms with Gasteiger partial charge in [0.15, 0.2) is 0 Å². The summed E-state index contributed by atoms with van der Waals surface area (Å²) in [5, 5.41) is 7.20. The number of carbonyl (C=O) groups excluding carboxylic acids is 1. The summed E-state index contributed by atoms with van der Waals surface area (Å²) in [7, 11) is 0. The maximum atomic E-state index is 12.1.